The summed E-state index contributed by atoms with van der Waals surface area (Å²) in [5.74, 6) is 0.0739. The van der Waals surface area contributed by atoms with Gasteiger partial charge in [0.05, 0.1) is 25.9 Å². The number of nitrogens with zero attached hydrogens (tertiary/aromatic N) is 2. The van der Waals surface area contributed by atoms with Crippen molar-refractivity contribution < 1.29 is 19.1 Å². The third kappa shape index (κ3) is 4.64. The van der Waals surface area contributed by atoms with Gasteiger partial charge in [-0.2, -0.15) is 0 Å². The van der Waals surface area contributed by atoms with E-state index in [0.717, 1.165) is 16.2 Å². The highest BCUT2D eigenvalue weighted by molar-refractivity contribution is 6.04. The predicted octanol–water partition coefficient (Wildman–Crippen LogP) is 1.61. The molecule has 1 saturated heterocycles. The minimum Gasteiger partial charge on any atom is -0.496 e. The third-order valence-electron chi connectivity index (χ3n) is 4.48. The van der Waals surface area contributed by atoms with Gasteiger partial charge in [0.1, 0.15) is 11.8 Å². The van der Waals surface area contributed by atoms with Crippen molar-refractivity contribution in [2.75, 3.05) is 7.11 Å². The van der Waals surface area contributed by atoms with Crippen molar-refractivity contribution in [1.29, 1.82) is 0 Å². The fourth-order valence-electron chi connectivity index (χ4n) is 2.98. The number of benzene rings is 1. The Hall–Kier alpha value is -3.42. The number of ether oxygens (including phenoxy) is 1. The molecule has 8 nitrogen and oxygen atoms in total. The van der Waals surface area contributed by atoms with Crippen molar-refractivity contribution in [1.82, 2.24) is 20.5 Å². The summed E-state index contributed by atoms with van der Waals surface area (Å²) in [6, 6.07) is 11.5. The molecule has 1 aliphatic rings. The summed E-state index contributed by atoms with van der Waals surface area (Å²) in [7, 11) is 1.54. The molecule has 1 unspecified atom stereocenters. The Balaban J connectivity index is 1.51. The molecule has 0 radical (unpaired) electrons. The zero-order valence-corrected chi connectivity index (χ0v) is 15.6. The van der Waals surface area contributed by atoms with Gasteiger partial charge in [-0.25, -0.2) is 4.79 Å². The largest absolute Gasteiger partial charge is 0.496 e. The molecule has 1 fully saturated rings. The van der Waals surface area contributed by atoms with Gasteiger partial charge >= 0.3 is 6.03 Å². The Kier molecular flexibility index (Phi) is 6.21. The third-order valence-corrected chi connectivity index (χ3v) is 4.48. The van der Waals surface area contributed by atoms with E-state index in [1.165, 1.54) is 7.11 Å². The number of para-hydroxylation sites is 1. The van der Waals surface area contributed by atoms with Crippen LogP contribution in [0.3, 0.4) is 0 Å². The fraction of sp³-hybridized carbons (Fsp3) is 0.300. The highest BCUT2D eigenvalue weighted by Gasteiger charge is 2.38. The molecule has 8 heteroatoms. The quantitative estimate of drug-likeness (QED) is 0.676. The maximum absolute atomic E-state index is 12.6. The predicted molar refractivity (Wildman–Crippen MR) is 101 cm³/mol. The summed E-state index contributed by atoms with van der Waals surface area (Å²) in [5, 5.41) is 5.40. The van der Waals surface area contributed by atoms with Gasteiger partial charge < -0.3 is 15.4 Å². The first kappa shape index (κ1) is 19.3. The molecule has 3 rings (SSSR count). The maximum atomic E-state index is 12.6. The molecule has 2 N–H and O–H groups in total. The molecule has 0 saturated carbocycles. The standard InChI is InChI=1S/C20H22N4O4/c1-28-17-8-3-2-6-14(17)13-24-19(26)16(23-20(24)27)9-10-18(25)22-12-15-7-4-5-11-21-15/h2-8,11,16H,9-10,12-13H2,1H3,(H,22,25)(H,23,27). The molecular formula is C20H22N4O4. The number of carbonyl (C=O) groups is 3. The highest BCUT2D eigenvalue weighted by atomic mass is 16.5. The number of amides is 4. The Morgan fingerprint density at radius 2 is 2.00 bits per heavy atom. The fourth-order valence-corrected chi connectivity index (χ4v) is 2.98. The molecular weight excluding hydrogens is 360 g/mol. The van der Waals surface area contributed by atoms with Crippen LogP contribution in [-0.4, -0.2) is 40.9 Å². The number of aromatic nitrogens is 1. The van der Waals surface area contributed by atoms with Gasteiger partial charge in [-0.05, 0) is 24.6 Å². The van der Waals surface area contributed by atoms with Crippen LogP contribution in [0.5, 0.6) is 5.75 Å². The van der Waals surface area contributed by atoms with E-state index in [1.807, 2.05) is 24.3 Å². The van der Waals surface area contributed by atoms with Crippen molar-refractivity contribution >= 4 is 17.8 Å². The number of nitrogens with one attached hydrogen (secondary N) is 2. The number of urea groups is 1. The number of rotatable bonds is 8. The zero-order chi connectivity index (χ0) is 19.9. The van der Waals surface area contributed by atoms with Gasteiger partial charge in [-0.15, -0.1) is 0 Å². The van der Waals surface area contributed by atoms with Crippen molar-refractivity contribution in [3.8, 4) is 5.75 Å². The average Bonchev–Trinajstić information content (AvgIpc) is 2.99. The summed E-state index contributed by atoms with van der Waals surface area (Å²) in [5.41, 5.74) is 1.49. The van der Waals surface area contributed by atoms with Gasteiger partial charge in [0.25, 0.3) is 5.91 Å². The normalized spacial score (nSPS) is 16.0. The van der Waals surface area contributed by atoms with Crippen LogP contribution in [0.15, 0.2) is 48.7 Å². The Labute approximate surface area is 162 Å². The van der Waals surface area contributed by atoms with E-state index in [2.05, 4.69) is 15.6 Å². The van der Waals surface area contributed by atoms with Gasteiger partial charge in [0.2, 0.25) is 5.91 Å². The topological polar surface area (TPSA) is 101 Å². The minimum absolute atomic E-state index is 0.122. The second-order valence-corrected chi connectivity index (χ2v) is 6.37. The van der Waals surface area contributed by atoms with Crippen LogP contribution in [0.1, 0.15) is 24.1 Å². The molecule has 1 aliphatic heterocycles. The Morgan fingerprint density at radius 1 is 1.21 bits per heavy atom. The second kappa shape index (κ2) is 8.98. The lowest BCUT2D eigenvalue weighted by Crippen LogP contribution is -2.32. The molecule has 4 amide bonds. The number of carbonyl (C=O) groups excluding carboxylic acids is 3. The van der Waals surface area contributed by atoms with E-state index < -0.39 is 12.1 Å². The number of hydrogen-bond acceptors (Lipinski definition) is 5. The molecule has 0 bridgehead atoms. The molecule has 0 aliphatic carbocycles. The van der Waals surface area contributed by atoms with Gasteiger partial charge in [-0.1, -0.05) is 24.3 Å². The van der Waals surface area contributed by atoms with Gasteiger partial charge in [0, 0.05) is 18.2 Å². The van der Waals surface area contributed by atoms with Crippen LogP contribution in [0, 0.1) is 0 Å². The van der Waals surface area contributed by atoms with Gasteiger partial charge in [-0.3, -0.25) is 19.5 Å². The first-order valence-electron chi connectivity index (χ1n) is 8.99. The van der Waals surface area contributed by atoms with Crippen LogP contribution >= 0.6 is 0 Å². The molecule has 1 aromatic heterocycles. The lowest BCUT2D eigenvalue weighted by Gasteiger charge is -2.15. The summed E-state index contributed by atoms with van der Waals surface area (Å²) in [4.78, 5) is 42.1. The first-order valence-corrected chi connectivity index (χ1v) is 8.99. The average molecular weight is 382 g/mol. The highest BCUT2D eigenvalue weighted by Crippen LogP contribution is 2.22. The van der Waals surface area contributed by atoms with E-state index in [0.29, 0.717) is 12.3 Å². The van der Waals surface area contributed by atoms with Crippen molar-refractivity contribution in [3.05, 3.63) is 59.9 Å². The van der Waals surface area contributed by atoms with Crippen LogP contribution in [0.4, 0.5) is 4.79 Å². The smallest absolute Gasteiger partial charge is 0.325 e. The van der Waals surface area contributed by atoms with Crippen molar-refractivity contribution in [3.63, 3.8) is 0 Å². The van der Waals surface area contributed by atoms with Crippen LogP contribution in [-0.2, 0) is 22.7 Å². The van der Waals surface area contributed by atoms with Crippen molar-refractivity contribution in [2.24, 2.45) is 0 Å². The molecule has 1 aromatic carbocycles. The maximum Gasteiger partial charge on any atom is 0.325 e. The summed E-state index contributed by atoms with van der Waals surface area (Å²) >= 11 is 0. The van der Waals surface area contributed by atoms with E-state index in [-0.39, 0.29) is 31.2 Å². The number of methoxy groups -OCH3 is 1. The monoisotopic (exact) mass is 382 g/mol. The second-order valence-electron chi connectivity index (χ2n) is 6.37. The number of hydrogen-bond donors (Lipinski definition) is 2. The summed E-state index contributed by atoms with van der Waals surface area (Å²) in [6.45, 7) is 0.446. The van der Waals surface area contributed by atoms with Crippen LogP contribution in [0.2, 0.25) is 0 Å². The first-order chi connectivity index (χ1) is 13.6. The molecule has 2 heterocycles. The molecule has 2 aromatic rings. The Morgan fingerprint density at radius 3 is 2.75 bits per heavy atom. The number of imide groups is 1. The number of pyridine rings is 1. The Bertz CT molecular complexity index is 856. The molecule has 0 spiro atoms. The van der Waals surface area contributed by atoms with E-state index >= 15 is 0 Å². The zero-order valence-electron chi connectivity index (χ0n) is 15.6. The van der Waals surface area contributed by atoms with E-state index in [9.17, 15) is 14.4 Å². The summed E-state index contributed by atoms with van der Waals surface area (Å²) in [6.07, 6.45) is 2.03. The molecule has 28 heavy (non-hydrogen) atoms. The summed E-state index contributed by atoms with van der Waals surface area (Å²) < 4.78 is 5.27. The molecule has 1 atom stereocenters. The lowest BCUT2D eigenvalue weighted by molar-refractivity contribution is -0.128. The van der Waals surface area contributed by atoms with Crippen molar-refractivity contribution in [2.45, 2.75) is 32.0 Å². The van der Waals surface area contributed by atoms with Gasteiger partial charge in [0.15, 0.2) is 0 Å². The minimum atomic E-state index is -0.706. The van der Waals surface area contributed by atoms with E-state index in [1.54, 1.807) is 24.4 Å². The van der Waals surface area contributed by atoms with E-state index in [4.69, 9.17) is 4.74 Å². The van der Waals surface area contributed by atoms with Crippen LogP contribution in [0.25, 0.3) is 0 Å². The lowest BCUT2D eigenvalue weighted by atomic mass is 10.1. The molecule has 146 valence electrons. The van der Waals surface area contributed by atoms with Crippen LogP contribution < -0.4 is 15.4 Å². The SMILES string of the molecule is COc1ccccc1CN1C(=O)NC(CCC(=O)NCc2ccccn2)C1=O.